The number of nitrogens with zero attached hydrogens (tertiary/aromatic N) is 4. The molecule has 6 nitrogen and oxygen atoms in total. The predicted octanol–water partition coefficient (Wildman–Crippen LogP) is 0.513. The van der Waals surface area contributed by atoms with E-state index in [9.17, 15) is 4.79 Å². The minimum Gasteiger partial charge on any atom is -0.468 e. The SMILES string of the molecule is C=CC(C)Sc1nnnn1CC(=O)OC. The highest BCUT2D eigenvalue weighted by Gasteiger charge is 2.12. The number of carbonyl (C=O) groups is 1. The van der Waals surface area contributed by atoms with E-state index in [1.807, 2.05) is 6.92 Å². The second kappa shape index (κ2) is 5.50. The van der Waals surface area contributed by atoms with E-state index in [1.54, 1.807) is 6.08 Å². The Morgan fingerprint density at radius 1 is 1.80 bits per heavy atom. The molecule has 1 heterocycles. The Morgan fingerprint density at radius 2 is 2.53 bits per heavy atom. The summed E-state index contributed by atoms with van der Waals surface area (Å²) in [6, 6.07) is 0. The smallest absolute Gasteiger partial charge is 0.327 e. The van der Waals surface area contributed by atoms with Crippen LogP contribution in [0.1, 0.15) is 6.92 Å². The molecule has 0 amide bonds. The summed E-state index contributed by atoms with van der Waals surface area (Å²) >= 11 is 1.43. The zero-order valence-corrected chi connectivity index (χ0v) is 9.40. The van der Waals surface area contributed by atoms with Crippen molar-refractivity contribution in [1.82, 2.24) is 20.2 Å². The monoisotopic (exact) mass is 228 g/mol. The number of methoxy groups -OCH3 is 1. The van der Waals surface area contributed by atoms with E-state index in [0.29, 0.717) is 5.16 Å². The molecule has 15 heavy (non-hydrogen) atoms. The van der Waals surface area contributed by atoms with Crippen molar-refractivity contribution in [3.63, 3.8) is 0 Å². The number of esters is 1. The van der Waals surface area contributed by atoms with E-state index in [-0.39, 0.29) is 17.8 Å². The summed E-state index contributed by atoms with van der Waals surface area (Å²) in [5, 5.41) is 11.8. The van der Waals surface area contributed by atoms with Gasteiger partial charge in [-0.25, -0.2) is 4.68 Å². The van der Waals surface area contributed by atoms with Gasteiger partial charge in [-0.05, 0) is 17.4 Å². The molecule has 0 aliphatic heterocycles. The van der Waals surface area contributed by atoms with Gasteiger partial charge in [0.05, 0.1) is 7.11 Å². The van der Waals surface area contributed by atoms with Gasteiger partial charge in [-0.3, -0.25) is 4.79 Å². The fourth-order valence-corrected chi connectivity index (χ4v) is 1.52. The summed E-state index contributed by atoms with van der Waals surface area (Å²) in [6.07, 6.45) is 1.78. The van der Waals surface area contributed by atoms with Crippen LogP contribution in [0, 0.1) is 0 Å². The van der Waals surface area contributed by atoms with Crippen LogP contribution >= 0.6 is 11.8 Å². The number of thioether (sulfide) groups is 1. The molecule has 0 saturated carbocycles. The van der Waals surface area contributed by atoms with Crippen LogP contribution in [-0.4, -0.2) is 38.5 Å². The fraction of sp³-hybridized carbons (Fsp3) is 0.500. The van der Waals surface area contributed by atoms with Gasteiger partial charge in [0.15, 0.2) is 0 Å². The van der Waals surface area contributed by atoms with Gasteiger partial charge in [-0.15, -0.1) is 11.7 Å². The lowest BCUT2D eigenvalue weighted by Gasteiger charge is -2.05. The molecule has 82 valence electrons. The lowest BCUT2D eigenvalue weighted by Crippen LogP contribution is -2.14. The number of rotatable bonds is 5. The van der Waals surface area contributed by atoms with E-state index in [0.717, 1.165) is 0 Å². The average Bonchev–Trinajstić information content (AvgIpc) is 2.65. The highest BCUT2D eigenvalue weighted by atomic mass is 32.2. The Balaban J connectivity index is 2.68. The molecule has 0 bridgehead atoms. The first kappa shape index (κ1) is 11.7. The lowest BCUT2D eigenvalue weighted by atomic mass is 10.5. The molecule has 1 aromatic rings. The number of ether oxygens (including phenoxy) is 1. The van der Waals surface area contributed by atoms with Crippen LogP contribution in [0.3, 0.4) is 0 Å². The maximum absolute atomic E-state index is 11.0. The van der Waals surface area contributed by atoms with Gasteiger partial charge in [-0.1, -0.05) is 17.8 Å². The topological polar surface area (TPSA) is 69.9 Å². The second-order valence-electron chi connectivity index (χ2n) is 2.75. The van der Waals surface area contributed by atoms with Crippen LogP contribution in [0.2, 0.25) is 0 Å². The number of hydrogen-bond donors (Lipinski definition) is 0. The molecule has 0 saturated heterocycles. The zero-order chi connectivity index (χ0) is 11.3. The van der Waals surface area contributed by atoms with Crippen LogP contribution in [-0.2, 0) is 16.1 Å². The number of tetrazole rings is 1. The summed E-state index contributed by atoms with van der Waals surface area (Å²) < 4.78 is 5.92. The minimum absolute atomic E-state index is 0.0235. The van der Waals surface area contributed by atoms with Gasteiger partial charge in [0.25, 0.3) is 0 Å². The molecular formula is C8H12N4O2S. The summed E-state index contributed by atoms with van der Waals surface area (Å²) in [5.74, 6) is -0.379. The van der Waals surface area contributed by atoms with Crippen molar-refractivity contribution in [2.24, 2.45) is 0 Å². The number of hydrogen-bond acceptors (Lipinski definition) is 6. The van der Waals surface area contributed by atoms with Crippen molar-refractivity contribution < 1.29 is 9.53 Å². The Bertz CT molecular complexity index is 352. The molecule has 1 atom stereocenters. The van der Waals surface area contributed by atoms with E-state index in [2.05, 4.69) is 26.8 Å². The molecule has 0 N–H and O–H groups in total. The maximum atomic E-state index is 11.0. The van der Waals surface area contributed by atoms with E-state index < -0.39 is 0 Å². The molecule has 0 spiro atoms. The third-order valence-electron chi connectivity index (χ3n) is 1.63. The molecule has 0 aliphatic rings. The van der Waals surface area contributed by atoms with Gasteiger partial charge in [0.2, 0.25) is 5.16 Å². The van der Waals surface area contributed by atoms with Crippen LogP contribution in [0.15, 0.2) is 17.8 Å². The molecule has 0 radical (unpaired) electrons. The lowest BCUT2D eigenvalue weighted by molar-refractivity contribution is -0.141. The predicted molar refractivity (Wildman–Crippen MR) is 55.3 cm³/mol. The van der Waals surface area contributed by atoms with E-state index in [1.165, 1.54) is 23.6 Å². The quantitative estimate of drug-likeness (QED) is 0.415. The molecule has 0 aromatic carbocycles. The highest BCUT2D eigenvalue weighted by Crippen LogP contribution is 2.20. The summed E-state index contributed by atoms with van der Waals surface area (Å²) in [4.78, 5) is 11.0. The van der Waals surface area contributed by atoms with Crippen LogP contribution in [0.4, 0.5) is 0 Å². The van der Waals surface area contributed by atoms with Gasteiger partial charge in [0.1, 0.15) is 6.54 Å². The average molecular weight is 228 g/mol. The Morgan fingerprint density at radius 3 is 3.13 bits per heavy atom. The van der Waals surface area contributed by atoms with Crippen molar-refractivity contribution in [3.8, 4) is 0 Å². The highest BCUT2D eigenvalue weighted by molar-refractivity contribution is 7.99. The van der Waals surface area contributed by atoms with Crippen molar-refractivity contribution in [3.05, 3.63) is 12.7 Å². The summed E-state index contributed by atoms with van der Waals surface area (Å²) in [7, 11) is 1.33. The second-order valence-corrected chi connectivity index (χ2v) is 4.10. The van der Waals surface area contributed by atoms with E-state index >= 15 is 0 Å². The van der Waals surface area contributed by atoms with Crippen LogP contribution in [0.25, 0.3) is 0 Å². The first-order valence-corrected chi connectivity index (χ1v) is 5.17. The molecule has 1 unspecified atom stereocenters. The van der Waals surface area contributed by atoms with Gasteiger partial charge in [-0.2, -0.15) is 0 Å². The van der Waals surface area contributed by atoms with Gasteiger partial charge in [0, 0.05) is 5.25 Å². The molecule has 1 rings (SSSR count). The van der Waals surface area contributed by atoms with Crippen molar-refractivity contribution in [2.45, 2.75) is 23.9 Å². The molecule has 1 aromatic heterocycles. The zero-order valence-electron chi connectivity index (χ0n) is 8.58. The first-order chi connectivity index (χ1) is 7.17. The first-order valence-electron chi connectivity index (χ1n) is 4.29. The fourth-order valence-electron chi connectivity index (χ4n) is 0.781. The van der Waals surface area contributed by atoms with Crippen LogP contribution < -0.4 is 0 Å². The number of aromatic nitrogens is 4. The van der Waals surface area contributed by atoms with Gasteiger partial charge >= 0.3 is 5.97 Å². The molecule has 0 fully saturated rings. The largest absolute Gasteiger partial charge is 0.468 e. The normalized spacial score (nSPS) is 12.1. The Kier molecular flexibility index (Phi) is 4.29. The summed E-state index contributed by atoms with van der Waals surface area (Å²) in [6.45, 7) is 5.65. The van der Waals surface area contributed by atoms with Gasteiger partial charge < -0.3 is 4.74 Å². The Labute approximate surface area is 91.7 Å². The third-order valence-corrected chi connectivity index (χ3v) is 2.70. The van der Waals surface area contributed by atoms with Crippen molar-refractivity contribution in [2.75, 3.05) is 7.11 Å². The van der Waals surface area contributed by atoms with Crippen molar-refractivity contribution >= 4 is 17.7 Å². The molecule has 7 heteroatoms. The van der Waals surface area contributed by atoms with E-state index in [4.69, 9.17) is 0 Å². The number of carbonyl (C=O) groups excluding carboxylic acids is 1. The third kappa shape index (κ3) is 3.35. The molecular weight excluding hydrogens is 216 g/mol. The maximum Gasteiger partial charge on any atom is 0.327 e. The molecule has 0 aliphatic carbocycles. The Hall–Kier alpha value is -1.37. The van der Waals surface area contributed by atoms with Crippen LogP contribution in [0.5, 0.6) is 0 Å². The standard InChI is InChI=1S/C8H12N4O2S/c1-4-6(2)15-8-9-10-11-12(8)5-7(13)14-3/h4,6H,1,5H2,2-3H3. The summed E-state index contributed by atoms with van der Waals surface area (Å²) in [5.41, 5.74) is 0. The van der Waals surface area contributed by atoms with Crippen molar-refractivity contribution in [1.29, 1.82) is 0 Å². The minimum atomic E-state index is -0.379.